The van der Waals surface area contributed by atoms with Crippen molar-refractivity contribution in [2.45, 2.75) is 65.0 Å². The van der Waals surface area contributed by atoms with Gasteiger partial charge in [0.05, 0.1) is 6.04 Å². The fraction of sp³-hybridized carbons (Fsp3) is 0.941. The van der Waals surface area contributed by atoms with Crippen LogP contribution in [0.4, 0.5) is 0 Å². The molecule has 21 heavy (non-hydrogen) atoms. The first-order chi connectivity index (χ1) is 10.2. The van der Waals surface area contributed by atoms with Crippen LogP contribution in [0.5, 0.6) is 0 Å². The van der Waals surface area contributed by atoms with Gasteiger partial charge in [0.25, 0.3) is 0 Å². The first-order valence-corrected chi connectivity index (χ1v) is 8.92. The molecule has 2 heterocycles. The van der Waals surface area contributed by atoms with Crippen molar-refractivity contribution in [3.05, 3.63) is 0 Å². The van der Waals surface area contributed by atoms with Gasteiger partial charge in [0.2, 0.25) is 5.91 Å². The van der Waals surface area contributed by atoms with E-state index in [1.54, 1.807) is 0 Å². The number of nitrogens with zero attached hydrogens (tertiary/aromatic N) is 2. The number of hydrogen-bond donors (Lipinski definition) is 1. The SMILES string of the molecule is CCC(C)CN(CC)C(=O)C1CCCN1C1CCNCC1. The zero-order valence-corrected chi connectivity index (χ0v) is 14.1. The summed E-state index contributed by atoms with van der Waals surface area (Å²) in [6, 6.07) is 0.766. The highest BCUT2D eigenvalue weighted by atomic mass is 16.2. The van der Waals surface area contributed by atoms with Crippen molar-refractivity contribution in [2.75, 3.05) is 32.7 Å². The van der Waals surface area contributed by atoms with E-state index >= 15 is 0 Å². The van der Waals surface area contributed by atoms with Gasteiger partial charge in [-0.15, -0.1) is 0 Å². The van der Waals surface area contributed by atoms with E-state index in [1.807, 2.05) is 0 Å². The maximum atomic E-state index is 12.9. The summed E-state index contributed by atoms with van der Waals surface area (Å²) in [5.74, 6) is 0.983. The Morgan fingerprint density at radius 2 is 2.00 bits per heavy atom. The number of carbonyl (C=O) groups is 1. The second kappa shape index (κ2) is 8.14. The number of likely N-dealkylation sites (N-methyl/N-ethyl adjacent to an activating group) is 1. The number of hydrogen-bond acceptors (Lipinski definition) is 3. The third-order valence-corrected chi connectivity index (χ3v) is 5.28. The van der Waals surface area contributed by atoms with Gasteiger partial charge in [-0.1, -0.05) is 20.3 Å². The number of rotatable bonds is 6. The van der Waals surface area contributed by atoms with Crippen molar-refractivity contribution in [2.24, 2.45) is 5.92 Å². The van der Waals surface area contributed by atoms with Crippen LogP contribution in [0.25, 0.3) is 0 Å². The van der Waals surface area contributed by atoms with Gasteiger partial charge in [0.1, 0.15) is 0 Å². The lowest BCUT2D eigenvalue weighted by Gasteiger charge is -2.37. The summed E-state index contributed by atoms with van der Waals surface area (Å²) in [6.07, 6.45) is 5.77. The zero-order chi connectivity index (χ0) is 15.2. The average molecular weight is 295 g/mol. The van der Waals surface area contributed by atoms with Gasteiger partial charge in [-0.25, -0.2) is 0 Å². The molecule has 2 fully saturated rings. The van der Waals surface area contributed by atoms with Crippen molar-refractivity contribution < 1.29 is 4.79 Å². The summed E-state index contributed by atoms with van der Waals surface area (Å²) in [5.41, 5.74) is 0. The summed E-state index contributed by atoms with van der Waals surface area (Å²) in [7, 11) is 0. The van der Waals surface area contributed by atoms with E-state index < -0.39 is 0 Å². The Kier molecular flexibility index (Phi) is 6.49. The highest BCUT2D eigenvalue weighted by Crippen LogP contribution is 2.26. The van der Waals surface area contributed by atoms with Crippen LogP contribution in [-0.4, -0.2) is 60.5 Å². The molecule has 122 valence electrons. The molecule has 0 aromatic heterocycles. The highest BCUT2D eigenvalue weighted by Gasteiger charge is 2.37. The Bertz CT molecular complexity index is 328. The van der Waals surface area contributed by atoms with Gasteiger partial charge < -0.3 is 10.2 Å². The molecule has 2 rings (SSSR count). The number of nitrogens with one attached hydrogen (secondary N) is 1. The van der Waals surface area contributed by atoms with Gasteiger partial charge in [-0.05, 0) is 58.2 Å². The first kappa shape index (κ1) is 16.8. The smallest absolute Gasteiger partial charge is 0.239 e. The largest absolute Gasteiger partial charge is 0.341 e. The summed E-state index contributed by atoms with van der Waals surface area (Å²) in [6.45, 7) is 11.7. The average Bonchev–Trinajstić information content (AvgIpc) is 3.02. The van der Waals surface area contributed by atoms with Crippen molar-refractivity contribution in [3.63, 3.8) is 0 Å². The summed E-state index contributed by atoms with van der Waals surface area (Å²) in [5, 5.41) is 3.43. The lowest BCUT2D eigenvalue weighted by atomic mass is 10.0. The van der Waals surface area contributed by atoms with E-state index in [4.69, 9.17) is 0 Å². The molecule has 0 radical (unpaired) electrons. The van der Waals surface area contributed by atoms with Crippen LogP contribution in [0.15, 0.2) is 0 Å². The number of piperidine rings is 1. The second-order valence-corrected chi connectivity index (χ2v) is 6.77. The van der Waals surface area contributed by atoms with E-state index in [9.17, 15) is 4.79 Å². The minimum atomic E-state index is 0.150. The number of amides is 1. The Balaban J connectivity index is 1.98. The molecule has 2 atom stereocenters. The summed E-state index contributed by atoms with van der Waals surface area (Å²) < 4.78 is 0. The standard InChI is InChI=1S/C17H33N3O/c1-4-14(3)13-19(5-2)17(21)16-7-6-12-20(16)15-8-10-18-11-9-15/h14-16,18H,4-13H2,1-3H3. The molecule has 0 aromatic carbocycles. The van der Waals surface area contributed by atoms with E-state index in [2.05, 4.69) is 35.9 Å². The lowest BCUT2D eigenvalue weighted by molar-refractivity contribution is -0.137. The first-order valence-electron chi connectivity index (χ1n) is 8.92. The predicted molar refractivity (Wildman–Crippen MR) is 87.3 cm³/mol. The lowest BCUT2D eigenvalue weighted by Crippen LogP contribution is -2.52. The van der Waals surface area contributed by atoms with E-state index in [0.717, 1.165) is 45.6 Å². The van der Waals surface area contributed by atoms with Gasteiger partial charge in [-0.2, -0.15) is 0 Å². The third kappa shape index (κ3) is 4.19. The minimum Gasteiger partial charge on any atom is -0.341 e. The number of carbonyl (C=O) groups excluding carboxylic acids is 1. The molecule has 0 spiro atoms. The van der Waals surface area contributed by atoms with Crippen molar-refractivity contribution in [3.8, 4) is 0 Å². The molecular formula is C17H33N3O. The molecular weight excluding hydrogens is 262 g/mol. The van der Waals surface area contributed by atoms with Crippen molar-refractivity contribution in [1.82, 2.24) is 15.1 Å². The van der Waals surface area contributed by atoms with E-state index in [0.29, 0.717) is 17.9 Å². The fourth-order valence-electron chi connectivity index (χ4n) is 3.72. The maximum absolute atomic E-state index is 12.9. The van der Waals surface area contributed by atoms with Crippen LogP contribution in [0.3, 0.4) is 0 Å². The molecule has 4 heteroatoms. The van der Waals surface area contributed by atoms with Gasteiger partial charge in [0, 0.05) is 19.1 Å². The molecule has 0 bridgehead atoms. The molecule has 2 aliphatic heterocycles. The second-order valence-electron chi connectivity index (χ2n) is 6.77. The van der Waals surface area contributed by atoms with E-state index in [-0.39, 0.29) is 6.04 Å². The fourth-order valence-corrected chi connectivity index (χ4v) is 3.72. The normalized spacial score (nSPS) is 26.0. The maximum Gasteiger partial charge on any atom is 0.239 e. The Morgan fingerprint density at radius 1 is 1.29 bits per heavy atom. The van der Waals surface area contributed by atoms with Crippen LogP contribution >= 0.6 is 0 Å². The molecule has 4 nitrogen and oxygen atoms in total. The molecule has 2 aliphatic rings. The molecule has 0 aromatic rings. The summed E-state index contributed by atoms with van der Waals surface area (Å²) in [4.78, 5) is 17.6. The monoisotopic (exact) mass is 295 g/mol. The van der Waals surface area contributed by atoms with Gasteiger partial charge >= 0.3 is 0 Å². The van der Waals surface area contributed by atoms with Crippen LogP contribution in [0.2, 0.25) is 0 Å². The molecule has 1 N–H and O–H groups in total. The Morgan fingerprint density at radius 3 is 2.62 bits per heavy atom. The minimum absolute atomic E-state index is 0.150. The zero-order valence-electron chi connectivity index (χ0n) is 14.1. The van der Waals surface area contributed by atoms with Crippen molar-refractivity contribution in [1.29, 1.82) is 0 Å². The Labute approximate surface area is 130 Å². The van der Waals surface area contributed by atoms with E-state index in [1.165, 1.54) is 19.3 Å². The van der Waals surface area contributed by atoms with Crippen LogP contribution < -0.4 is 5.32 Å². The van der Waals surface area contributed by atoms with Crippen LogP contribution in [0.1, 0.15) is 52.9 Å². The van der Waals surface area contributed by atoms with Crippen LogP contribution in [0, 0.1) is 5.92 Å². The topological polar surface area (TPSA) is 35.6 Å². The Hall–Kier alpha value is -0.610. The van der Waals surface area contributed by atoms with Gasteiger partial charge in [-0.3, -0.25) is 9.69 Å². The van der Waals surface area contributed by atoms with Crippen LogP contribution in [-0.2, 0) is 4.79 Å². The molecule has 0 saturated carbocycles. The summed E-state index contributed by atoms with van der Waals surface area (Å²) >= 11 is 0. The molecule has 0 aliphatic carbocycles. The molecule has 1 amide bonds. The highest BCUT2D eigenvalue weighted by molar-refractivity contribution is 5.82. The third-order valence-electron chi connectivity index (χ3n) is 5.28. The molecule has 2 saturated heterocycles. The quantitative estimate of drug-likeness (QED) is 0.815. The molecule has 2 unspecified atom stereocenters. The predicted octanol–water partition coefficient (Wildman–Crippen LogP) is 2.10. The number of likely N-dealkylation sites (tertiary alicyclic amines) is 1. The van der Waals surface area contributed by atoms with Crippen molar-refractivity contribution >= 4 is 5.91 Å². The van der Waals surface area contributed by atoms with Gasteiger partial charge in [0.15, 0.2) is 0 Å².